The van der Waals surface area contributed by atoms with Crippen molar-refractivity contribution in [3.05, 3.63) is 29.6 Å². The Morgan fingerprint density at radius 1 is 1.53 bits per heavy atom. The summed E-state index contributed by atoms with van der Waals surface area (Å²) >= 11 is 0. The van der Waals surface area contributed by atoms with Gasteiger partial charge in [-0.2, -0.15) is 0 Å². The standard InChI is InChI=1S/C13H20N2/c1-2-11-4-3-9-15-13(11)12(14)8-7-10-5-6-10/h3-4,9-10,12H,2,5-8,14H2,1H3. The Morgan fingerprint density at radius 2 is 2.33 bits per heavy atom. The molecule has 0 radical (unpaired) electrons. The summed E-state index contributed by atoms with van der Waals surface area (Å²) in [6.45, 7) is 2.16. The summed E-state index contributed by atoms with van der Waals surface area (Å²) in [5.74, 6) is 0.963. The van der Waals surface area contributed by atoms with Gasteiger partial charge in [-0.3, -0.25) is 4.98 Å². The van der Waals surface area contributed by atoms with E-state index in [1.54, 1.807) is 0 Å². The average Bonchev–Trinajstić information content (AvgIpc) is 3.09. The maximum Gasteiger partial charge on any atom is 0.0602 e. The van der Waals surface area contributed by atoms with Crippen LogP contribution in [0.2, 0.25) is 0 Å². The van der Waals surface area contributed by atoms with E-state index in [9.17, 15) is 0 Å². The summed E-state index contributed by atoms with van der Waals surface area (Å²) in [7, 11) is 0. The normalized spacial score (nSPS) is 17.7. The van der Waals surface area contributed by atoms with Gasteiger partial charge in [0.1, 0.15) is 0 Å². The van der Waals surface area contributed by atoms with Crippen LogP contribution in [0.15, 0.2) is 18.3 Å². The second-order valence-corrected chi connectivity index (χ2v) is 4.53. The van der Waals surface area contributed by atoms with Gasteiger partial charge in [0, 0.05) is 12.2 Å². The molecule has 82 valence electrons. The zero-order valence-electron chi connectivity index (χ0n) is 9.45. The molecule has 1 heterocycles. The molecule has 1 aromatic heterocycles. The number of nitrogens with two attached hydrogens (primary N) is 1. The molecule has 15 heavy (non-hydrogen) atoms. The van der Waals surface area contributed by atoms with Gasteiger partial charge in [0.2, 0.25) is 0 Å². The van der Waals surface area contributed by atoms with Crippen molar-refractivity contribution in [3.8, 4) is 0 Å². The summed E-state index contributed by atoms with van der Waals surface area (Å²) in [6, 6.07) is 4.27. The molecule has 1 aliphatic carbocycles. The highest BCUT2D eigenvalue weighted by atomic mass is 14.8. The molecule has 0 saturated heterocycles. The topological polar surface area (TPSA) is 38.9 Å². The fourth-order valence-electron chi connectivity index (χ4n) is 2.04. The van der Waals surface area contributed by atoms with Gasteiger partial charge in [-0.15, -0.1) is 0 Å². The minimum atomic E-state index is 0.141. The van der Waals surface area contributed by atoms with Gasteiger partial charge < -0.3 is 5.73 Å². The van der Waals surface area contributed by atoms with Crippen LogP contribution in [0.5, 0.6) is 0 Å². The van der Waals surface area contributed by atoms with E-state index in [-0.39, 0.29) is 6.04 Å². The molecule has 1 aliphatic rings. The van der Waals surface area contributed by atoms with Crippen molar-refractivity contribution in [2.24, 2.45) is 11.7 Å². The molecule has 1 unspecified atom stereocenters. The molecule has 0 aromatic carbocycles. The maximum absolute atomic E-state index is 6.18. The van der Waals surface area contributed by atoms with E-state index < -0.39 is 0 Å². The smallest absolute Gasteiger partial charge is 0.0602 e. The molecule has 1 fully saturated rings. The molecule has 0 bridgehead atoms. The van der Waals surface area contributed by atoms with Gasteiger partial charge in [-0.1, -0.05) is 25.8 Å². The fourth-order valence-corrected chi connectivity index (χ4v) is 2.04. The van der Waals surface area contributed by atoms with Crippen LogP contribution < -0.4 is 5.73 Å². The molecule has 0 spiro atoms. The van der Waals surface area contributed by atoms with Crippen LogP contribution in [-0.2, 0) is 6.42 Å². The van der Waals surface area contributed by atoms with Crippen LogP contribution in [0.1, 0.15) is 49.9 Å². The lowest BCUT2D eigenvalue weighted by Gasteiger charge is -2.14. The van der Waals surface area contributed by atoms with Crippen LogP contribution >= 0.6 is 0 Å². The first-order chi connectivity index (χ1) is 7.31. The van der Waals surface area contributed by atoms with Crippen molar-refractivity contribution >= 4 is 0 Å². The maximum atomic E-state index is 6.18. The molecule has 1 aromatic rings. The Morgan fingerprint density at radius 3 is 3.00 bits per heavy atom. The second-order valence-electron chi connectivity index (χ2n) is 4.53. The molecule has 2 nitrogen and oxygen atoms in total. The Hall–Kier alpha value is -0.890. The number of hydrogen-bond donors (Lipinski definition) is 1. The lowest BCUT2D eigenvalue weighted by molar-refractivity contribution is 0.561. The Bertz CT molecular complexity index is 318. The quantitative estimate of drug-likeness (QED) is 0.801. The Labute approximate surface area is 91.9 Å². The van der Waals surface area contributed by atoms with Gasteiger partial charge in [-0.25, -0.2) is 0 Å². The van der Waals surface area contributed by atoms with E-state index in [1.165, 1.54) is 24.8 Å². The number of hydrogen-bond acceptors (Lipinski definition) is 2. The second kappa shape index (κ2) is 4.75. The van der Waals surface area contributed by atoms with Crippen molar-refractivity contribution in [3.63, 3.8) is 0 Å². The zero-order chi connectivity index (χ0) is 10.7. The van der Waals surface area contributed by atoms with Gasteiger partial charge in [0.15, 0.2) is 0 Å². The highest BCUT2D eigenvalue weighted by Gasteiger charge is 2.22. The summed E-state index contributed by atoms with van der Waals surface area (Å²) in [6.07, 6.45) is 8.08. The molecular weight excluding hydrogens is 184 g/mol. The van der Waals surface area contributed by atoms with Crippen molar-refractivity contribution in [1.29, 1.82) is 0 Å². The largest absolute Gasteiger partial charge is 0.323 e. The van der Waals surface area contributed by atoms with E-state index in [0.717, 1.165) is 24.5 Å². The van der Waals surface area contributed by atoms with Gasteiger partial charge >= 0.3 is 0 Å². The molecule has 1 saturated carbocycles. The van der Waals surface area contributed by atoms with Crippen molar-refractivity contribution in [2.45, 2.75) is 45.1 Å². The number of pyridine rings is 1. The van der Waals surface area contributed by atoms with E-state index in [1.807, 2.05) is 12.3 Å². The summed E-state index contributed by atoms with van der Waals surface area (Å²) in [5.41, 5.74) is 8.60. The van der Waals surface area contributed by atoms with Crippen molar-refractivity contribution in [2.75, 3.05) is 0 Å². The van der Waals surface area contributed by atoms with E-state index in [4.69, 9.17) is 5.73 Å². The van der Waals surface area contributed by atoms with Crippen LogP contribution in [0.3, 0.4) is 0 Å². The molecule has 0 amide bonds. The third-order valence-corrected chi connectivity index (χ3v) is 3.24. The summed E-state index contributed by atoms with van der Waals surface area (Å²) in [5, 5.41) is 0. The van der Waals surface area contributed by atoms with Crippen molar-refractivity contribution < 1.29 is 0 Å². The monoisotopic (exact) mass is 204 g/mol. The summed E-state index contributed by atoms with van der Waals surface area (Å²) < 4.78 is 0. The first-order valence-electron chi connectivity index (χ1n) is 6.00. The molecule has 2 N–H and O–H groups in total. The van der Waals surface area contributed by atoms with Gasteiger partial charge in [-0.05, 0) is 36.8 Å². The SMILES string of the molecule is CCc1cccnc1C(N)CCC1CC1. The Balaban J connectivity index is 1.98. The van der Waals surface area contributed by atoms with E-state index in [0.29, 0.717) is 0 Å². The molecule has 2 heteroatoms. The number of rotatable bonds is 5. The third kappa shape index (κ3) is 2.78. The van der Waals surface area contributed by atoms with Gasteiger partial charge in [0.25, 0.3) is 0 Å². The highest BCUT2D eigenvalue weighted by Crippen LogP contribution is 2.35. The van der Waals surface area contributed by atoms with E-state index in [2.05, 4.69) is 18.0 Å². The lowest BCUT2D eigenvalue weighted by atomic mass is 10.0. The molecule has 1 atom stereocenters. The number of aromatic nitrogens is 1. The van der Waals surface area contributed by atoms with Gasteiger partial charge in [0.05, 0.1) is 5.69 Å². The molecule has 0 aliphatic heterocycles. The fraction of sp³-hybridized carbons (Fsp3) is 0.615. The van der Waals surface area contributed by atoms with Crippen molar-refractivity contribution in [1.82, 2.24) is 4.98 Å². The number of nitrogens with zero attached hydrogens (tertiary/aromatic N) is 1. The average molecular weight is 204 g/mol. The minimum Gasteiger partial charge on any atom is -0.323 e. The lowest BCUT2D eigenvalue weighted by Crippen LogP contribution is -2.14. The van der Waals surface area contributed by atoms with E-state index >= 15 is 0 Å². The third-order valence-electron chi connectivity index (χ3n) is 3.24. The number of aryl methyl sites for hydroxylation is 1. The zero-order valence-corrected chi connectivity index (χ0v) is 9.45. The minimum absolute atomic E-state index is 0.141. The highest BCUT2D eigenvalue weighted by molar-refractivity contribution is 5.22. The van der Waals surface area contributed by atoms with Crippen LogP contribution in [-0.4, -0.2) is 4.98 Å². The van der Waals surface area contributed by atoms with Crippen LogP contribution in [0.25, 0.3) is 0 Å². The van der Waals surface area contributed by atoms with Crippen LogP contribution in [0, 0.1) is 5.92 Å². The first kappa shape index (κ1) is 10.6. The molecular formula is C13H20N2. The summed E-state index contributed by atoms with van der Waals surface area (Å²) in [4.78, 5) is 4.42. The predicted octanol–water partition coefficient (Wildman–Crippen LogP) is 2.83. The first-order valence-corrected chi connectivity index (χ1v) is 6.00. The molecule has 2 rings (SSSR count). The van der Waals surface area contributed by atoms with Crippen LogP contribution in [0.4, 0.5) is 0 Å². The Kier molecular flexibility index (Phi) is 3.37. The predicted molar refractivity (Wildman–Crippen MR) is 62.5 cm³/mol.